The van der Waals surface area contributed by atoms with Crippen LogP contribution in [0.3, 0.4) is 0 Å². The number of nitrogens with one attached hydrogen (secondary N) is 1. The van der Waals surface area contributed by atoms with Gasteiger partial charge < -0.3 is 23.8 Å². The van der Waals surface area contributed by atoms with E-state index in [1.54, 1.807) is 44.4 Å². The van der Waals surface area contributed by atoms with Crippen LogP contribution in [0.15, 0.2) is 64.9 Å². The lowest BCUT2D eigenvalue weighted by Crippen LogP contribution is -2.38. The Morgan fingerprint density at radius 1 is 1.03 bits per heavy atom. The monoisotopic (exact) mass is 477 g/mol. The van der Waals surface area contributed by atoms with Crippen molar-refractivity contribution in [3.63, 3.8) is 0 Å². The molecular formula is C26H27N3O6. The average molecular weight is 478 g/mol. The number of fused-ring (bicyclic) bond motifs is 1. The maximum atomic E-state index is 12.5. The van der Waals surface area contributed by atoms with Gasteiger partial charge in [0.2, 0.25) is 0 Å². The lowest BCUT2D eigenvalue weighted by Gasteiger charge is -2.23. The van der Waals surface area contributed by atoms with E-state index >= 15 is 0 Å². The molecule has 0 fully saturated rings. The van der Waals surface area contributed by atoms with Gasteiger partial charge in [0.25, 0.3) is 5.91 Å². The van der Waals surface area contributed by atoms with E-state index in [-0.39, 0.29) is 11.4 Å². The summed E-state index contributed by atoms with van der Waals surface area (Å²) in [5.74, 6) is 3.00. The van der Waals surface area contributed by atoms with Crippen LogP contribution in [-0.2, 0) is 9.63 Å². The molecule has 0 bridgehead atoms. The number of ether oxygens (including phenoxy) is 4. The third-order valence-corrected chi connectivity index (χ3v) is 5.13. The van der Waals surface area contributed by atoms with Gasteiger partial charge in [-0.15, -0.1) is 5.06 Å². The SMILES string of the molecule is CCOc1cc(/C=C2/C(=N)N3OC(C)=CC3=NC2=O)ccc1OCCCOc1ccc(OC)cc1. The summed E-state index contributed by atoms with van der Waals surface area (Å²) < 4.78 is 22.5. The van der Waals surface area contributed by atoms with Gasteiger partial charge in [-0.1, -0.05) is 6.07 Å². The summed E-state index contributed by atoms with van der Waals surface area (Å²) in [6.07, 6.45) is 3.89. The number of carbonyl (C=O) groups excluding carboxylic acids is 1. The van der Waals surface area contributed by atoms with Crippen molar-refractivity contribution in [1.82, 2.24) is 5.06 Å². The standard InChI is InChI=1S/C26H27N3O6/c1-4-32-23-16-18(15-21-25(27)29-24(28-26(21)30)14-17(2)35-29)6-11-22(23)34-13-5-12-33-20-9-7-19(31-3)8-10-20/h6-11,14-16,27H,4-5,12-13H2,1-3H3/b21-15-,27-25?. The normalized spacial score (nSPS) is 15.9. The molecule has 0 spiro atoms. The number of allylic oxidation sites excluding steroid dienone is 1. The maximum Gasteiger partial charge on any atom is 0.282 e. The van der Waals surface area contributed by atoms with Crippen molar-refractivity contribution in [2.75, 3.05) is 26.9 Å². The van der Waals surface area contributed by atoms with Gasteiger partial charge in [0, 0.05) is 12.5 Å². The number of benzene rings is 2. The highest BCUT2D eigenvalue weighted by atomic mass is 16.7. The number of aliphatic imine (C=N–C) groups is 1. The third kappa shape index (κ3) is 5.63. The highest BCUT2D eigenvalue weighted by molar-refractivity contribution is 6.32. The van der Waals surface area contributed by atoms with Crippen LogP contribution in [0.2, 0.25) is 0 Å². The Morgan fingerprint density at radius 2 is 1.77 bits per heavy atom. The fraction of sp³-hybridized carbons (Fsp3) is 0.269. The summed E-state index contributed by atoms with van der Waals surface area (Å²) in [4.78, 5) is 22.0. The molecule has 0 unspecified atom stereocenters. The van der Waals surface area contributed by atoms with E-state index in [1.807, 2.05) is 31.2 Å². The van der Waals surface area contributed by atoms with Crippen molar-refractivity contribution in [3.05, 3.63) is 65.4 Å². The van der Waals surface area contributed by atoms with Crippen molar-refractivity contribution in [2.24, 2.45) is 4.99 Å². The first-order valence-electron chi connectivity index (χ1n) is 11.2. The Hall–Kier alpha value is -4.27. The molecule has 2 aliphatic heterocycles. The molecule has 9 heteroatoms. The second-order valence-corrected chi connectivity index (χ2v) is 7.69. The van der Waals surface area contributed by atoms with Crippen LogP contribution in [0.5, 0.6) is 23.0 Å². The summed E-state index contributed by atoms with van der Waals surface area (Å²) in [5, 5.41) is 9.59. The summed E-state index contributed by atoms with van der Waals surface area (Å²) in [6.45, 7) is 5.01. The molecular weight excluding hydrogens is 450 g/mol. The smallest absolute Gasteiger partial charge is 0.282 e. The molecule has 2 heterocycles. The Kier molecular flexibility index (Phi) is 7.35. The zero-order chi connectivity index (χ0) is 24.8. The second kappa shape index (κ2) is 10.8. The number of carbonyl (C=O) groups is 1. The number of hydroxylamine groups is 2. The number of amides is 1. The van der Waals surface area contributed by atoms with Crippen molar-refractivity contribution in [1.29, 1.82) is 5.41 Å². The zero-order valence-corrected chi connectivity index (χ0v) is 19.9. The number of amidine groups is 2. The minimum Gasteiger partial charge on any atom is -0.497 e. The Morgan fingerprint density at radius 3 is 2.51 bits per heavy atom. The molecule has 2 aromatic carbocycles. The zero-order valence-electron chi connectivity index (χ0n) is 19.9. The maximum absolute atomic E-state index is 12.5. The fourth-order valence-electron chi connectivity index (χ4n) is 3.47. The molecule has 0 aliphatic carbocycles. The van der Waals surface area contributed by atoms with E-state index in [2.05, 4.69) is 4.99 Å². The first-order chi connectivity index (χ1) is 17.0. The van der Waals surface area contributed by atoms with Crippen molar-refractivity contribution in [2.45, 2.75) is 20.3 Å². The van der Waals surface area contributed by atoms with Gasteiger partial charge >= 0.3 is 0 Å². The second-order valence-electron chi connectivity index (χ2n) is 7.69. The van der Waals surface area contributed by atoms with E-state index in [0.29, 0.717) is 54.9 Å². The number of nitrogens with zero attached hydrogens (tertiary/aromatic N) is 2. The largest absolute Gasteiger partial charge is 0.497 e. The lowest BCUT2D eigenvalue weighted by molar-refractivity contribution is -0.114. The number of rotatable bonds is 10. The molecule has 0 atom stereocenters. The van der Waals surface area contributed by atoms with Gasteiger partial charge in [0.05, 0.1) is 32.5 Å². The van der Waals surface area contributed by atoms with Crippen LogP contribution in [0.25, 0.3) is 6.08 Å². The Bertz CT molecular complexity index is 1200. The minimum absolute atomic E-state index is 0.0664. The van der Waals surface area contributed by atoms with Gasteiger partial charge in [-0.2, -0.15) is 4.99 Å². The van der Waals surface area contributed by atoms with Crippen LogP contribution >= 0.6 is 0 Å². The van der Waals surface area contributed by atoms with Gasteiger partial charge in [-0.25, -0.2) is 0 Å². The first-order valence-corrected chi connectivity index (χ1v) is 11.2. The molecule has 2 aromatic rings. The van der Waals surface area contributed by atoms with Crippen molar-refractivity contribution < 1.29 is 28.6 Å². The van der Waals surface area contributed by atoms with Crippen molar-refractivity contribution >= 4 is 23.7 Å². The molecule has 0 saturated carbocycles. The van der Waals surface area contributed by atoms with Gasteiger partial charge in [-0.05, 0) is 61.9 Å². The highest BCUT2D eigenvalue weighted by Crippen LogP contribution is 2.31. The van der Waals surface area contributed by atoms with Gasteiger partial charge in [-0.3, -0.25) is 10.2 Å². The first kappa shape index (κ1) is 23.9. The van der Waals surface area contributed by atoms with E-state index in [4.69, 9.17) is 29.2 Å². The van der Waals surface area contributed by atoms with Gasteiger partial charge in [0.1, 0.15) is 17.3 Å². The molecule has 1 amide bonds. The molecule has 35 heavy (non-hydrogen) atoms. The van der Waals surface area contributed by atoms with E-state index < -0.39 is 5.91 Å². The molecule has 9 nitrogen and oxygen atoms in total. The lowest BCUT2D eigenvalue weighted by atomic mass is 10.1. The number of hydrogen-bond acceptors (Lipinski definition) is 7. The Balaban J connectivity index is 1.38. The summed E-state index contributed by atoms with van der Waals surface area (Å²) in [6, 6.07) is 12.8. The quantitative estimate of drug-likeness (QED) is 0.400. The molecule has 4 rings (SSSR count). The highest BCUT2D eigenvalue weighted by Gasteiger charge is 2.34. The summed E-state index contributed by atoms with van der Waals surface area (Å²) in [7, 11) is 1.62. The average Bonchev–Trinajstić information content (AvgIpc) is 3.23. The van der Waals surface area contributed by atoms with Crippen LogP contribution in [0, 0.1) is 5.41 Å². The van der Waals surface area contributed by atoms with Crippen LogP contribution in [0.4, 0.5) is 0 Å². The van der Waals surface area contributed by atoms with E-state index in [0.717, 1.165) is 11.5 Å². The van der Waals surface area contributed by atoms with Gasteiger partial charge in [0.15, 0.2) is 23.2 Å². The number of hydrogen-bond donors (Lipinski definition) is 1. The summed E-state index contributed by atoms with van der Waals surface area (Å²) in [5.41, 5.74) is 0.808. The molecule has 2 aliphatic rings. The molecule has 0 radical (unpaired) electrons. The predicted octanol–water partition coefficient (Wildman–Crippen LogP) is 4.39. The predicted molar refractivity (Wildman–Crippen MR) is 131 cm³/mol. The number of methoxy groups -OCH3 is 1. The van der Waals surface area contributed by atoms with Crippen LogP contribution in [0.1, 0.15) is 25.8 Å². The van der Waals surface area contributed by atoms with Crippen LogP contribution in [-0.4, -0.2) is 49.6 Å². The topological polar surface area (TPSA) is 103 Å². The molecule has 0 saturated heterocycles. The molecule has 1 N–H and O–H groups in total. The fourth-order valence-corrected chi connectivity index (χ4v) is 3.47. The van der Waals surface area contributed by atoms with E-state index in [1.165, 1.54) is 5.06 Å². The van der Waals surface area contributed by atoms with E-state index in [9.17, 15) is 4.79 Å². The third-order valence-electron chi connectivity index (χ3n) is 5.13. The van der Waals surface area contributed by atoms with Crippen molar-refractivity contribution in [3.8, 4) is 23.0 Å². The minimum atomic E-state index is -0.494. The molecule has 0 aromatic heterocycles. The Labute approximate surface area is 203 Å². The summed E-state index contributed by atoms with van der Waals surface area (Å²) >= 11 is 0. The molecule has 182 valence electrons. The van der Waals surface area contributed by atoms with Crippen LogP contribution < -0.4 is 18.9 Å².